The Morgan fingerprint density at radius 2 is 1.73 bits per heavy atom. The van der Waals surface area contributed by atoms with Crippen molar-refractivity contribution in [2.45, 2.75) is 25.5 Å². The minimum absolute atomic E-state index is 0.207. The number of benzene rings is 2. The molecule has 1 fully saturated rings. The molecule has 2 nitrogen and oxygen atoms in total. The summed E-state index contributed by atoms with van der Waals surface area (Å²) in [6, 6.07) is 17.0. The largest absolute Gasteiger partial charge is 0.391 e. The fourth-order valence-electron chi connectivity index (χ4n) is 3.19. The van der Waals surface area contributed by atoms with Gasteiger partial charge in [0.25, 0.3) is 0 Å². The maximum absolute atomic E-state index is 12.9. The normalized spacial score (nSPS) is 22.6. The van der Waals surface area contributed by atoms with E-state index in [1.165, 1.54) is 17.7 Å². The molecule has 22 heavy (non-hydrogen) atoms. The van der Waals surface area contributed by atoms with Crippen molar-refractivity contribution in [3.63, 3.8) is 0 Å². The van der Waals surface area contributed by atoms with E-state index >= 15 is 0 Å². The molecule has 1 N–H and O–H groups in total. The number of nitrogens with zero attached hydrogens (tertiary/aromatic N) is 1. The van der Waals surface area contributed by atoms with Gasteiger partial charge in [-0.1, -0.05) is 42.5 Å². The lowest BCUT2D eigenvalue weighted by Crippen LogP contribution is -2.44. The first-order valence-corrected chi connectivity index (χ1v) is 7.89. The summed E-state index contributed by atoms with van der Waals surface area (Å²) in [6.07, 6.45) is 1.48. The molecule has 1 heterocycles. The first-order chi connectivity index (χ1) is 10.7. The zero-order valence-electron chi connectivity index (χ0n) is 12.7. The third kappa shape index (κ3) is 3.93. The van der Waals surface area contributed by atoms with E-state index in [4.69, 9.17) is 0 Å². The average Bonchev–Trinajstić information content (AvgIpc) is 2.53. The highest BCUT2D eigenvalue weighted by Crippen LogP contribution is 2.23. The van der Waals surface area contributed by atoms with Crippen molar-refractivity contribution >= 4 is 0 Å². The van der Waals surface area contributed by atoms with Crippen molar-refractivity contribution in [2.75, 3.05) is 13.1 Å². The van der Waals surface area contributed by atoms with E-state index < -0.39 is 0 Å². The quantitative estimate of drug-likeness (QED) is 0.937. The Morgan fingerprint density at radius 3 is 2.41 bits per heavy atom. The number of β-amino-alcohol motifs (C(OH)–C–C–N with tert-alkyl or cyclic N) is 1. The molecule has 0 bridgehead atoms. The summed E-state index contributed by atoms with van der Waals surface area (Å²) >= 11 is 0. The average molecular weight is 299 g/mol. The van der Waals surface area contributed by atoms with Gasteiger partial charge in [-0.2, -0.15) is 0 Å². The fourth-order valence-corrected chi connectivity index (χ4v) is 3.19. The van der Waals surface area contributed by atoms with E-state index in [0.717, 1.165) is 31.5 Å². The Balaban J connectivity index is 1.54. The Hall–Kier alpha value is -1.71. The molecule has 2 atom stereocenters. The second-order valence-corrected chi connectivity index (χ2v) is 6.17. The summed E-state index contributed by atoms with van der Waals surface area (Å²) in [5.41, 5.74) is 2.38. The highest BCUT2D eigenvalue weighted by Gasteiger charge is 2.27. The molecule has 1 aliphatic heterocycles. The van der Waals surface area contributed by atoms with Crippen molar-refractivity contribution < 1.29 is 9.50 Å². The van der Waals surface area contributed by atoms with Crippen LogP contribution in [0.1, 0.15) is 17.5 Å². The van der Waals surface area contributed by atoms with Gasteiger partial charge < -0.3 is 5.11 Å². The predicted octanol–water partition coefficient (Wildman–Crippen LogP) is 3.25. The highest BCUT2D eigenvalue weighted by atomic mass is 19.1. The van der Waals surface area contributed by atoms with E-state index in [1.54, 1.807) is 0 Å². The molecule has 1 saturated heterocycles. The molecule has 0 aliphatic carbocycles. The van der Waals surface area contributed by atoms with Crippen molar-refractivity contribution in [2.24, 2.45) is 5.92 Å². The minimum Gasteiger partial charge on any atom is -0.391 e. The van der Waals surface area contributed by atoms with Crippen LogP contribution in [0.15, 0.2) is 54.6 Å². The summed E-state index contributed by atoms with van der Waals surface area (Å²) in [5.74, 6) is 0.0551. The highest BCUT2D eigenvalue weighted by molar-refractivity contribution is 5.17. The maximum Gasteiger partial charge on any atom is 0.123 e. The fraction of sp³-hybridized carbons (Fsp3) is 0.368. The lowest BCUT2D eigenvalue weighted by Gasteiger charge is -2.36. The zero-order chi connectivity index (χ0) is 15.4. The number of rotatable bonds is 4. The zero-order valence-corrected chi connectivity index (χ0v) is 12.7. The molecule has 0 amide bonds. The number of hydrogen-bond acceptors (Lipinski definition) is 2. The van der Waals surface area contributed by atoms with Gasteiger partial charge in [0.05, 0.1) is 6.10 Å². The van der Waals surface area contributed by atoms with E-state index in [-0.39, 0.29) is 17.8 Å². The van der Waals surface area contributed by atoms with Crippen molar-refractivity contribution in [3.05, 3.63) is 71.5 Å². The third-order valence-electron chi connectivity index (χ3n) is 4.47. The van der Waals surface area contributed by atoms with E-state index in [0.29, 0.717) is 6.54 Å². The number of hydrogen-bond donors (Lipinski definition) is 1. The monoisotopic (exact) mass is 299 g/mol. The number of piperidine rings is 1. The van der Waals surface area contributed by atoms with Crippen LogP contribution < -0.4 is 0 Å². The molecule has 0 spiro atoms. The van der Waals surface area contributed by atoms with Crippen LogP contribution in [0.3, 0.4) is 0 Å². The van der Waals surface area contributed by atoms with Crippen LogP contribution in [0.25, 0.3) is 0 Å². The van der Waals surface area contributed by atoms with Gasteiger partial charge in [-0.05, 0) is 48.6 Å². The molecule has 0 radical (unpaired) electrons. The number of aliphatic hydroxyl groups is 1. The molecule has 0 unspecified atom stereocenters. The predicted molar refractivity (Wildman–Crippen MR) is 85.9 cm³/mol. The topological polar surface area (TPSA) is 23.5 Å². The summed E-state index contributed by atoms with van der Waals surface area (Å²) in [5, 5.41) is 10.4. The lowest BCUT2D eigenvalue weighted by atomic mass is 9.87. The van der Waals surface area contributed by atoms with Crippen molar-refractivity contribution in [3.8, 4) is 0 Å². The number of halogens is 1. The molecular weight excluding hydrogens is 277 g/mol. The van der Waals surface area contributed by atoms with Gasteiger partial charge in [0.2, 0.25) is 0 Å². The number of likely N-dealkylation sites (tertiary alicyclic amines) is 1. The molecule has 3 rings (SSSR count). The molecule has 0 aromatic heterocycles. The second kappa shape index (κ2) is 7.03. The van der Waals surface area contributed by atoms with Gasteiger partial charge in [-0.25, -0.2) is 4.39 Å². The van der Waals surface area contributed by atoms with Crippen LogP contribution in [0.5, 0.6) is 0 Å². The maximum atomic E-state index is 12.9. The van der Waals surface area contributed by atoms with Crippen LogP contribution in [0.4, 0.5) is 4.39 Å². The van der Waals surface area contributed by atoms with E-state index in [1.807, 2.05) is 30.3 Å². The first kappa shape index (κ1) is 15.2. The Labute approximate surface area is 131 Å². The van der Waals surface area contributed by atoms with Gasteiger partial charge in [-0.3, -0.25) is 4.90 Å². The third-order valence-corrected chi connectivity index (χ3v) is 4.47. The summed E-state index contributed by atoms with van der Waals surface area (Å²) in [7, 11) is 0. The van der Waals surface area contributed by atoms with Gasteiger partial charge >= 0.3 is 0 Å². The van der Waals surface area contributed by atoms with Crippen LogP contribution in [0, 0.1) is 11.7 Å². The SMILES string of the molecule is O[C@H]1CN(Cc2ccccc2)CC[C@H]1Cc1ccc(F)cc1. The van der Waals surface area contributed by atoms with E-state index in [2.05, 4.69) is 17.0 Å². The smallest absolute Gasteiger partial charge is 0.123 e. The standard InChI is InChI=1S/C19H22FNO/c20-18-8-6-15(7-9-18)12-17-10-11-21(14-19(17)22)13-16-4-2-1-3-5-16/h1-9,17,19,22H,10-14H2/t17-,19-/m0/s1. The van der Waals surface area contributed by atoms with Gasteiger partial charge in [0.15, 0.2) is 0 Å². The first-order valence-electron chi connectivity index (χ1n) is 7.89. The van der Waals surface area contributed by atoms with Crippen LogP contribution in [-0.2, 0) is 13.0 Å². The Kier molecular flexibility index (Phi) is 4.86. The Morgan fingerprint density at radius 1 is 1.00 bits per heavy atom. The van der Waals surface area contributed by atoms with Gasteiger partial charge in [0.1, 0.15) is 5.82 Å². The van der Waals surface area contributed by atoms with Gasteiger partial charge in [-0.15, -0.1) is 0 Å². The lowest BCUT2D eigenvalue weighted by molar-refractivity contribution is 0.0187. The molecule has 2 aromatic carbocycles. The molecule has 3 heteroatoms. The Bertz CT molecular complexity index is 584. The minimum atomic E-state index is -0.317. The molecule has 0 saturated carbocycles. The van der Waals surface area contributed by atoms with E-state index in [9.17, 15) is 9.50 Å². The van der Waals surface area contributed by atoms with Crippen LogP contribution in [0.2, 0.25) is 0 Å². The summed E-state index contributed by atoms with van der Waals surface area (Å²) in [4.78, 5) is 2.31. The van der Waals surface area contributed by atoms with Crippen LogP contribution in [-0.4, -0.2) is 29.2 Å². The summed E-state index contributed by atoms with van der Waals surface area (Å²) < 4.78 is 12.9. The molecule has 116 valence electrons. The summed E-state index contributed by atoms with van der Waals surface area (Å²) in [6.45, 7) is 2.60. The molecule has 2 aromatic rings. The van der Waals surface area contributed by atoms with Crippen molar-refractivity contribution in [1.82, 2.24) is 4.90 Å². The molecule has 1 aliphatic rings. The van der Waals surface area contributed by atoms with Crippen molar-refractivity contribution in [1.29, 1.82) is 0 Å². The molecular formula is C19H22FNO. The van der Waals surface area contributed by atoms with Crippen LogP contribution >= 0.6 is 0 Å². The number of aliphatic hydroxyl groups excluding tert-OH is 1. The van der Waals surface area contributed by atoms with Gasteiger partial charge in [0, 0.05) is 13.1 Å². The second-order valence-electron chi connectivity index (χ2n) is 6.17.